The maximum absolute atomic E-state index is 12.8. The van der Waals surface area contributed by atoms with E-state index >= 15 is 0 Å². The summed E-state index contributed by atoms with van der Waals surface area (Å²) >= 11 is 0. The van der Waals surface area contributed by atoms with Crippen LogP contribution in [0.1, 0.15) is 65.2 Å². The maximum atomic E-state index is 12.8. The molecule has 8 unspecified atom stereocenters. The van der Waals surface area contributed by atoms with Gasteiger partial charge in [0.25, 0.3) is 0 Å². The van der Waals surface area contributed by atoms with Crippen LogP contribution in [0.25, 0.3) is 0 Å². The molecule has 2 saturated heterocycles. The summed E-state index contributed by atoms with van der Waals surface area (Å²) < 4.78 is 0. The average molecular weight is 395 g/mol. The Morgan fingerprint density at radius 2 is 2.00 bits per heavy atom. The molecule has 7 heteroatoms. The van der Waals surface area contributed by atoms with Gasteiger partial charge in [0.15, 0.2) is 0 Å². The van der Waals surface area contributed by atoms with E-state index in [0.717, 1.165) is 32.2 Å². The molecule has 160 valence electrons. The standard InChI is InChI=1S/C21H38N4O3/c1-3-19-24-20(25-28-19)15-4-6-16-14(10-15)5-7-17(16)23-21(27)18-11-13(12(2)26)8-9-22-18/h12-20,22,24-26H,3-11H2,1-2H3,(H,23,27)/t12?,13?,14?,15?,16?,17-,18?,19?,20?/m1/s1. The fraction of sp³-hybridized carbons (Fsp3) is 0.952. The molecule has 4 fully saturated rings. The summed E-state index contributed by atoms with van der Waals surface area (Å²) in [5.41, 5.74) is 3.20. The molecule has 0 aromatic rings. The van der Waals surface area contributed by atoms with Crippen LogP contribution in [0, 0.1) is 23.7 Å². The molecular formula is C21H38N4O3. The highest BCUT2D eigenvalue weighted by atomic mass is 16.7. The Morgan fingerprint density at radius 1 is 1.18 bits per heavy atom. The molecule has 7 nitrogen and oxygen atoms in total. The molecule has 0 radical (unpaired) electrons. The molecule has 0 aromatic carbocycles. The fourth-order valence-corrected chi connectivity index (χ4v) is 6.00. The second-order valence-electron chi connectivity index (χ2n) is 9.50. The van der Waals surface area contributed by atoms with E-state index in [2.05, 4.69) is 28.4 Å². The van der Waals surface area contributed by atoms with Crippen molar-refractivity contribution in [1.29, 1.82) is 0 Å². The van der Waals surface area contributed by atoms with Crippen molar-refractivity contribution in [2.24, 2.45) is 23.7 Å². The predicted octanol–water partition coefficient (Wildman–Crippen LogP) is 1.23. The molecular weight excluding hydrogens is 356 g/mol. The first-order chi connectivity index (χ1) is 13.5. The maximum Gasteiger partial charge on any atom is 0.237 e. The average Bonchev–Trinajstić information content (AvgIpc) is 3.35. The third-order valence-electron chi connectivity index (χ3n) is 7.76. The van der Waals surface area contributed by atoms with Crippen molar-refractivity contribution in [2.75, 3.05) is 6.54 Å². The van der Waals surface area contributed by atoms with Gasteiger partial charge in [0.1, 0.15) is 6.23 Å². The van der Waals surface area contributed by atoms with Crippen LogP contribution in [-0.4, -0.2) is 48.1 Å². The van der Waals surface area contributed by atoms with Gasteiger partial charge in [-0.25, -0.2) is 0 Å². The van der Waals surface area contributed by atoms with Crippen molar-refractivity contribution in [3.63, 3.8) is 0 Å². The summed E-state index contributed by atoms with van der Waals surface area (Å²) in [5, 5.41) is 20.2. The highest BCUT2D eigenvalue weighted by Crippen LogP contribution is 2.45. The molecule has 0 aromatic heterocycles. The number of fused-ring (bicyclic) bond motifs is 1. The molecule has 2 saturated carbocycles. The van der Waals surface area contributed by atoms with Crippen molar-refractivity contribution in [1.82, 2.24) is 21.4 Å². The van der Waals surface area contributed by atoms with Gasteiger partial charge in [0.2, 0.25) is 5.91 Å². The Bertz CT molecular complexity index is 546. The van der Waals surface area contributed by atoms with Gasteiger partial charge in [0.05, 0.1) is 18.3 Å². The summed E-state index contributed by atoms with van der Waals surface area (Å²) in [6.45, 7) is 4.79. The lowest BCUT2D eigenvalue weighted by molar-refractivity contribution is -0.125. The quantitative estimate of drug-likeness (QED) is 0.482. The zero-order chi connectivity index (χ0) is 19.7. The zero-order valence-electron chi connectivity index (χ0n) is 17.3. The minimum absolute atomic E-state index is 0.131. The summed E-state index contributed by atoms with van der Waals surface area (Å²) in [6, 6.07) is 0.162. The predicted molar refractivity (Wildman–Crippen MR) is 107 cm³/mol. The van der Waals surface area contributed by atoms with Gasteiger partial charge < -0.3 is 15.7 Å². The van der Waals surface area contributed by atoms with E-state index in [9.17, 15) is 9.90 Å². The number of aliphatic hydroxyl groups excluding tert-OH is 1. The molecule has 2 aliphatic heterocycles. The molecule has 0 bridgehead atoms. The van der Waals surface area contributed by atoms with Gasteiger partial charge in [-0.15, -0.1) is 0 Å². The molecule has 28 heavy (non-hydrogen) atoms. The first-order valence-corrected chi connectivity index (χ1v) is 11.4. The van der Waals surface area contributed by atoms with Crippen molar-refractivity contribution in [3.05, 3.63) is 0 Å². The minimum Gasteiger partial charge on any atom is -0.393 e. The smallest absolute Gasteiger partial charge is 0.237 e. The molecule has 0 spiro atoms. The number of piperidine rings is 1. The largest absolute Gasteiger partial charge is 0.393 e. The summed E-state index contributed by atoms with van der Waals surface area (Å²) in [5.74, 6) is 2.29. The monoisotopic (exact) mass is 394 g/mol. The van der Waals surface area contributed by atoms with Gasteiger partial charge in [-0.05, 0) is 88.5 Å². The molecule has 2 heterocycles. The van der Waals surface area contributed by atoms with Gasteiger partial charge in [-0.2, -0.15) is 5.48 Å². The number of hydrogen-bond donors (Lipinski definition) is 5. The number of rotatable bonds is 5. The number of aliphatic hydroxyl groups is 1. The molecule has 4 aliphatic rings. The Kier molecular flexibility index (Phi) is 6.57. The SMILES string of the molecule is CCC1NC(C2CCC3C(CC[C@H]3NC(=O)C3CC(C(C)O)CCN3)C2)NO1. The number of carbonyl (C=O) groups excluding carboxylic acids is 1. The first kappa shape index (κ1) is 20.5. The van der Waals surface area contributed by atoms with E-state index in [0.29, 0.717) is 23.8 Å². The zero-order valence-corrected chi connectivity index (χ0v) is 17.3. The first-order valence-electron chi connectivity index (χ1n) is 11.4. The fourth-order valence-electron chi connectivity index (χ4n) is 6.00. The highest BCUT2D eigenvalue weighted by Gasteiger charge is 2.44. The lowest BCUT2D eigenvalue weighted by Gasteiger charge is -2.37. The van der Waals surface area contributed by atoms with E-state index in [1.165, 1.54) is 25.7 Å². The van der Waals surface area contributed by atoms with E-state index < -0.39 is 0 Å². The van der Waals surface area contributed by atoms with E-state index in [1.54, 1.807) is 0 Å². The Hall–Kier alpha value is -0.730. The van der Waals surface area contributed by atoms with E-state index in [1.807, 2.05) is 6.92 Å². The van der Waals surface area contributed by atoms with E-state index in [4.69, 9.17) is 4.84 Å². The Balaban J connectivity index is 1.27. The lowest BCUT2D eigenvalue weighted by atomic mass is 9.73. The number of hydroxylamine groups is 1. The van der Waals surface area contributed by atoms with Crippen LogP contribution >= 0.6 is 0 Å². The topological polar surface area (TPSA) is 94.7 Å². The highest BCUT2D eigenvalue weighted by molar-refractivity contribution is 5.82. The van der Waals surface area contributed by atoms with Crippen LogP contribution in [0.2, 0.25) is 0 Å². The molecule has 2 aliphatic carbocycles. The van der Waals surface area contributed by atoms with Gasteiger partial charge in [-0.3, -0.25) is 14.9 Å². The number of hydrogen-bond acceptors (Lipinski definition) is 6. The third-order valence-corrected chi connectivity index (χ3v) is 7.76. The van der Waals surface area contributed by atoms with E-state index in [-0.39, 0.29) is 36.4 Å². The van der Waals surface area contributed by atoms with Crippen LogP contribution in [0.3, 0.4) is 0 Å². The third kappa shape index (κ3) is 4.38. The molecule has 5 N–H and O–H groups in total. The van der Waals surface area contributed by atoms with Gasteiger partial charge in [-0.1, -0.05) is 6.92 Å². The summed E-state index contributed by atoms with van der Waals surface area (Å²) in [7, 11) is 0. The lowest BCUT2D eigenvalue weighted by Crippen LogP contribution is -2.53. The van der Waals surface area contributed by atoms with Crippen LogP contribution in [0.15, 0.2) is 0 Å². The number of carbonyl (C=O) groups is 1. The van der Waals surface area contributed by atoms with Gasteiger partial charge in [0, 0.05) is 6.04 Å². The molecule has 9 atom stereocenters. The van der Waals surface area contributed by atoms with Crippen LogP contribution in [0.4, 0.5) is 0 Å². The van der Waals surface area contributed by atoms with Crippen molar-refractivity contribution in [3.8, 4) is 0 Å². The Labute approximate surface area is 168 Å². The van der Waals surface area contributed by atoms with Crippen LogP contribution < -0.4 is 21.4 Å². The van der Waals surface area contributed by atoms with Crippen molar-refractivity contribution < 1.29 is 14.7 Å². The Morgan fingerprint density at radius 3 is 2.75 bits per heavy atom. The second kappa shape index (κ2) is 8.96. The minimum atomic E-state index is -0.336. The molecule has 4 rings (SSSR count). The van der Waals surface area contributed by atoms with Crippen molar-refractivity contribution >= 4 is 5.91 Å². The molecule has 1 amide bonds. The van der Waals surface area contributed by atoms with Crippen molar-refractivity contribution in [2.45, 2.75) is 95.8 Å². The normalized spacial score (nSPS) is 44.8. The number of amides is 1. The summed E-state index contributed by atoms with van der Waals surface area (Å²) in [6.07, 6.45) is 8.62. The second-order valence-corrected chi connectivity index (χ2v) is 9.50. The van der Waals surface area contributed by atoms with Crippen LogP contribution in [0.5, 0.6) is 0 Å². The summed E-state index contributed by atoms with van der Waals surface area (Å²) in [4.78, 5) is 18.5. The number of nitrogens with one attached hydrogen (secondary N) is 4. The van der Waals surface area contributed by atoms with Crippen LogP contribution in [-0.2, 0) is 9.63 Å². The van der Waals surface area contributed by atoms with Gasteiger partial charge >= 0.3 is 0 Å².